The molecule has 0 radical (unpaired) electrons. The average Bonchev–Trinajstić information content (AvgIpc) is 2.70. The zero-order valence-electron chi connectivity index (χ0n) is 8.07. The molecule has 2 rings (SSSR count). The minimum Gasteiger partial charge on any atom is -0.508 e. The van der Waals surface area contributed by atoms with E-state index in [1.807, 2.05) is 23.9 Å². The molecule has 1 aromatic rings. The summed E-state index contributed by atoms with van der Waals surface area (Å²) in [6, 6.07) is 7.26. The molecule has 0 aromatic heterocycles. The highest BCUT2D eigenvalue weighted by Gasteiger charge is 2.14. The molecule has 1 aliphatic heterocycles. The van der Waals surface area contributed by atoms with Gasteiger partial charge in [-0.2, -0.15) is 11.8 Å². The first kappa shape index (κ1) is 9.71. The zero-order chi connectivity index (χ0) is 9.80. The predicted octanol–water partition coefficient (Wildman–Crippen LogP) is 2.56. The summed E-state index contributed by atoms with van der Waals surface area (Å²) in [4.78, 5) is 0. The summed E-state index contributed by atoms with van der Waals surface area (Å²) in [5.41, 5.74) is 1.10. The molecule has 1 fully saturated rings. The molecule has 14 heavy (non-hydrogen) atoms. The quantitative estimate of drug-likeness (QED) is 0.750. The van der Waals surface area contributed by atoms with Crippen LogP contribution < -0.4 is 5.32 Å². The Labute approximate surface area is 88.7 Å². The van der Waals surface area contributed by atoms with Crippen molar-refractivity contribution in [1.29, 1.82) is 0 Å². The highest BCUT2D eigenvalue weighted by atomic mass is 32.2. The molecule has 3 heteroatoms. The number of nitrogens with one attached hydrogen (secondary N) is 1. The van der Waals surface area contributed by atoms with Gasteiger partial charge in [0, 0.05) is 12.2 Å². The molecule has 76 valence electrons. The van der Waals surface area contributed by atoms with Crippen LogP contribution in [0.3, 0.4) is 0 Å². The van der Waals surface area contributed by atoms with E-state index in [4.69, 9.17) is 5.11 Å². The number of thioether (sulfide) groups is 1. The zero-order valence-corrected chi connectivity index (χ0v) is 8.89. The van der Waals surface area contributed by atoms with Crippen molar-refractivity contribution < 1.29 is 5.11 Å². The predicted molar refractivity (Wildman–Crippen MR) is 62.0 cm³/mol. The van der Waals surface area contributed by atoms with Crippen LogP contribution in [-0.4, -0.2) is 23.2 Å². The Morgan fingerprint density at radius 2 is 2.14 bits per heavy atom. The normalized spacial score (nSPS) is 21.0. The minimum atomic E-state index is 0.326. The van der Waals surface area contributed by atoms with E-state index >= 15 is 0 Å². The highest BCUT2D eigenvalue weighted by molar-refractivity contribution is 7.99. The van der Waals surface area contributed by atoms with Crippen LogP contribution in [0.2, 0.25) is 0 Å². The fourth-order valence-electron chi connectivity index (χ4n) is 1.59. The molecule has 0 bridgehead atoms. The van der Waals surface area contributed by atoms with E-state index in [-0.39, 0.29) is 0 Å². The molecule has 1 saturated heterocycles. The van der Waals surface area contributed by atoms with Gasteiger partial charge >= 0.3 is 0 Å². The van der Waals surface area contributed by atoms with Crippen LogP contribution in [0.15, 0.2) is 24.3 Å². The van der Waals surface area contributed by atoms with Gasteiger partial charge < -0.3 is 10.4 Å². The minimum absolute atomic E-state index is 0.326. The lowest BCUT2D eigenvalue weighted by molar-refractivity contribution is 0.475. The van der Waals surface area contributed by atoms with Crippen molar-refractivity contribution in [2.24, 2.45) is 5.92 Å². The third-order valence-corrected chi connectivity index (χ3v) is 3.72. The molecular formula is C11H15NOS. The van der Waals surface area contributed by atoms with E-state index in [0.29, 0.717) is 5.75 Å². The molecule has 1 aromatic carbocycles. The number of anilines is 1. The summed E-state index contributed by atoms with van der Waals surface area (Å²) < 4.78 is 0. The van der Waals surface area contributed by atoms with Crippen molar-refractivity contribution in [1.82, 2.24) is 0 Å². The molecule has 2 nitrogen and oxygen atoms in total. The van der Waals surface area contributed by atoms with Crippen molar-refractivity contribution >= 4 is 17.4 Å². The number of hydrogen-bond donors (Lipinski definition) is 2. The maximum Gasteiger partial charge on any atom is 0.115 e. The summed E-state index contributed by atoms with van der Waals surface area (Å²) in [5.74, 6) is 3.73. The number of rotatable bonds is 3. The Hall–Kier alpha value is -0.830. The van der Waals surface area contributed by atoms with E-state index < -0.39 is 0 Å². The first-order chi connectivity index (χ1) is 6.84. The van der Waals surface area contributed by atoms with E-state index in [2.05, 4.69) is 5.32 Å². The Kier molecular flexibility index (Phi) is 3.19. The van der Waals surface area contributed by atoms with E-state index in [9.17, 15) is 0 Å². The lowest BCUT2D eigenvalue weighted by Crippen LogP contribution is -2.13. The van der Waals surface area contributed by atoms with Gasteiger partial charge in [0.05, 0.1) is 0 Å². The second kappa shape index (κ2) is 4.60. The smallest absolute Gasteiger partial charge is 0.115 e. The number of benzene rings is 1. The SMILES string of the molecule is Oc1ccc(NCC2CCSC2)cc1. The Bertz CT molecular complexity index is 280. The first-order valence-corrected chi connectivity index (χ1v) is 6.11. The number of hydrogen-bond acceptors (Lipinski definition) is 3. The second-order valence-corrected chi connectivity index (χ2v) is 4.81. The third kappa shape index (κ3) is 2.58. The lowest BCUT2D eigenvalue weighted by atomic mass is 10.1. The molecule has 1 aliphatic rings. The van der Waals surface area contributed by atoms with Crippen LogP contribution in [0, 0.1) is 5.92 Å². The molecule has 1 heterocycles. The average molecular weight is 209 g/mol. The highest BCUT2D eigenvalue weighted by Crippen LogP contribution is 2.24. The summed E-state index contributed by atoms with van der Waals surface area (Å²) in [6.07, 6.45) is 1.33. The lowest BCUT2D eigenvalue weighted by Gasteiger charge is -2.10. The van der Waals surface area contributed by atoms with Crippen LogP contribution in [-0.2, 0) is 0 Å². The number of aromatic hydroxyl groups is 1. The second-order valence-electron chi connectivity index (χ2n) is 3.66. The van der Waals surface area contributed by atoms with Gasteiger partial charge in [-0.05, 0) is 48.1 Å². The molecule has 1 atom stereocenters. The number of phenols is 1. The summed E-state index contributed by atoms with van der Waals surface area (Å²) in [5, 5.41) is 12.5. The fraction of sp³-hybridized carbons (Fsp3) is 0.455. The van der Waals surface area contributed by atoms with Crippen molar-refractivity contribution in [3.63, 3.8) is 0 Å². The third-order valence-electron chi connectivity index (χ3n) is 2.49. The van der Waals surface area contributed by atoms with Crippen LogP contribution in [0.4, 0.5) is 5.69 Å². The first-order valence-electron chi connectivity index (χ1n) is 4.95. The molecule has 0 spiro atoms. The summed E-state index contributed by atoms with van der Waals surface area (Å²) in [6.45, 7) is 1.05. The summed E-state index contributed by atoms with van der Waals surface area (Å²) >= 11 is 2.04. The van der Waals surface area contributed by atoms with Crippen molar-refractivity contribution in [3.05, 3.63) is 24.3 Å². The van der Waals surface area contributed by atoms with Crippen LogP contribution in [0.5, 0.6) is 5.75 Å². The van der Waals surface area contributed by atoms with Gasteiger partial charge in [0.2, 0.25) is 0 Å². The van der Waals surface area contributed by atoms with Gasteiger partial charge in [-0.3, -0.25) is 0 Å². The van der Waals surface area contributed by atoms with Crippen LogP contribution in [0.25, 0.3) is 0 Å². The fourth-order valence-corrected chi connectivity index (χ4v) is 2.87. The van der Waals surface area contributed by atoms with Crippen LogP contribution >= 0.6 is 11.8 Å². The van der Waals surface area contributed by atoms with Crippen molar-refractivity contribution in [2.75, 3.05) is 23.4 Å². The van der Waals surface area contributed by atoms with Gasteiger partial charge in [0.25, 0.3) is 0 Å². The molecule has 2 N–H and O–H groups in total. The van der Waals surface area contributed by atoms with Crippen LogP contribution in [0.1, 0.15) is 6.42 Å². The molecule has 0 amide bonds. The maximum atomic E-state index is 9.11. The number of phenolic OH excluding ortho intramolecular Hbond substituents is 1. The topological polar surface area (TPSA) is 32.3 Å². The monoisotopic (exact) mass is 209 g/mol. The maximum absolute atomic E-state index is 9.11. The van der Waals surface area contributed by atoms with Gasteiger partial charge in [-0.1, -0.05) is 0 Å². The van der Waals surface area contributed by atoms with Gasteiger partial charge in [-0.25, -0.2) is 0 Å². The van der Waals surface area contributed by atoms with E-state index in [0.717, 1.165) is 18.2 Å². The molecule has 0 aliphatic carbocycles. The Balaban J connectivity index is 1.82. The van der Waals surface area contributed by atoms with Gasteiger partial charge in [0.15, 0.2) is 0 Å². The van der Waals surface area contributed by atoms with Gasteiger partial charge in [-0.15, -0.1) is 0 Å². The Morgan fingerprint density at radius 1 is 1.36 bits per heavy atom. The van der Waals surface area contributed by atoms with Crippen molar-refractivity contribution in [2.45, 2.75) is 6.42 Å². The molecule has 1 unspecified atom stereocenters. The van der Waals surface area contributed by atoms with E-state index in [1.54, 1.807) is 12.1 Å². The molecule has 0 saturated carbocycles. The largest absolute Gasteiger partial charge is 0.508 e. The van der Waals surface area contributed by atoms with E-state index in [1.165, 1.54) is 17.9 Å². The standard InChI is InChI=1S/C11H15NOS/c13-11-3-1-10(2-4-11)12-7-9-5-6-14-8-9/h1-4,9,12-13H,5-8H2. The van der Waals surface area contributed by atoms with Gasteiger partial charge in [0.1, 0.15) is 5.75 Å². The summed E-state index contributed by atoms with van der Waals surface area (Å²) in [7, 11) is 0. The Morgan fingerprint density at radius 3 is 2.79 bits per heavy atom. The molecular weight excluding hydrogens is 194 g/mol. The van der Waals surface area contributed by atoms with Crippen molar-refractivity contribution in [3.8, 4) is 5.75 Å².